The number of benzene rings is 1. The highest BCUT2D eigenvalue weighted by Crippen LogP contribution is 2.50. The Labute approximate surface area is 189 Å². The van der Waals surface area contributed by atoms with E-state index >= 15 is 0 Å². The van der Waals surface area contributed by atoms with Crippen molar-refractivity contribution in [2.45, 2.75) is 26.3 Å². The molecule has 0 spiro atoms. The third kappa shape index (κ3) is 3.90. The minimum absolute atomic E-state index is 0.0726. The summed E-state index contributed by atoms with van der Waals surface area (Å²) in [6, 6.07) is 7.97. The Hall–Kier alpha value is -3.13. The first-order valence-corrected chi connectivity index (χ1v) is 11.5. The Kier molecular flexibility index (Phi) is 5.25. The van der Waals surface area contributed by atoms with Gasteiger partial charge in [0.2, 0.25) is 0 Å². The molecule has 3 heterocycles. The molecule has 2 aliphatic rings. The molecule has 3 atom stereocenters. The second-order valence-corrected chi connectivity index (χ2v) is 9.77. The Balaban J connectivity index is 1.36. The van der Waals surface area contributed by atoms with Crippen molar-refractivity contribution in [3.8, 4) is 10.4 Å². The summed E-state index contributed by atoms with van der Waals surface area (Å²) in [6.45, 7) is 4.79. The molecule has 0 radical (unpaired) electrons. The van der Waals surface area contributed by atoms with E-state index in [1.807, 2.05) is 18.7 Å². The highest BCUT2D eigenvalue weighted by atomic mass is 32.1. The van der Waals surface area contributed by atoms with Crippen LogP contribution < -0.4 is 5.32 Å². The Morgan fingerprint density at radius 1 is 1.25 bits per heavy atom. The van der Waals surface area contributed by atoms with Gasteiger partial charge in [0.15, 0.2) is 0 Å². The van der Waals surface area contributed by atoms with Crippen LogP contribution in [0.3, 0.4) is 0 Å². The number of pyridine rings is 1. The van der Waals surface area contributed by atoms with Gasteiger partial charge in [-0.05, 0) is 61.4 Å². The predicted octanol–water partition coefficient (Wildman–Crippen LogP) is 3.85. The molecule has 5 rings (SSSR count). The summed E-state index contributed by atoms with van der Waals surface area (Å²) < 4.78 is 13.8. The van der Waals surface area contributed by atoms with Crippen LogP contribution in [-0.4, -0.2) is 45.8 Å². The zero-order chi connectivity index (χ0) is 22.4. The fourth-order valence-corrected chi connectivity index (χ4v) is 5.49. The number of hydrogen-bond acceptors (Lipinski definition) is 5. The fraction of sp³-hybridized carbons (Fsp3) is 0.333. The fourth-order valence-electron chi connectivity index (χ4n) is 4.58. The van der Waals surface area contributed by atoms with Gasteiger partial charge < -0.3 is 10.2 Å². The number of nitrogens with one attached hydrogen (secondary N) is 1. The highest BCUT2D eigenvalue weighted by Gasteiger charge is 2.54. The summed E-state index contributed by atoms with van der Waals surface area (Å²) in [5.41, 5.74) is 2.44. The Morgan fingerprint density at radius 3 is 2.88 bits per heavy atom. The van der Waals surface area contributed by atoms with Crippen LogP contribution in [0.15, 0.2) is 42.7 Å². The molecule has 1 N–H and O–H groups in total. The molecule has 1 saturated carbocycles. The van der Waals surface area contributed by atoms with Crippen molar-refractivity contribution >= 4 is 23.2 Å². The maximum Gasteiger partial charge on any atom is 0.274 e. The van der Waals surface area contributed by atoms with Crippen LogP contribution in [-0.2, 0) is 0 Å². The number of piperidine rings is 1. The molecule has 2 aromatic heterocycles. The van der Waals surface area contributed by atoms with Gasteiger partial charge in [-0.3, -0.25) is 14.6 Å². The van der Waals surface area contributed by atoms with Crippen LogP contribution in [0, 0.1) is 31.5 Å². The number of carbonyl (C=O) groups excluding carboxylic acids is 2. The minimum atomic E-state index is -0.347. The average molecular weight is 451 g/mol. The molecule has 3 aromatic rings. The third-order valence-electron chi connectivity index (χ3n) is 6.20. The van der Waals surface area contributed by atoms with E-state index in [-0.39, 0.29) is 23.7 Å². The molecule has 1 saturated heterocycles. The van der Waals surface area contributed by atoms with Crippen molar-refractivity contribution in [3.05, 3.63) is 70.4 Å². The zero-order valence-corrected chi connectivity index (χ0v) is 18.7. The molecular formula is C24H23FN4O2S. The van der Waals surface area contributed by atoms with Crippen LogP contribution in [0.5, 0.6) is 0 Å². The van der Waals surface area contributed by atoms with E-state index < -0.39 is 0 Å². The summed E-state index contributed by atoms with van der Waals surface area (Å²) in [7, 11) is 0. The summed E-state index contributed by atoms with van der Waals surface area (Å²) >= 11 is 1.39. The monoisotopic (exact) mass is 450 g/mol. The first-order chi connectivity index (χ1) is 15.4. The van der Waals surface area contributed by atoms with Crippen molar-refractivity contribution < 1.29 is 14.0 Å². The van der Waals surface area contributed by atoms with Gasteiger partial charge in [0, 0.05) is 25.5 Å². The van der Waals surface area contributed by atoms with Crippen molar-refractivity contribution in [3.63, 3.8) is 0 Å². The van der Waals surface area contributed by atoms with Gasteiger partial charge in [0.25, 0.3) is 11.8 Å². The number of aromatic nitrogens is 2. The first kappa shape index (κ1) is 20.8. The van der Waals surface area contributed by atoms with E-state index in [1.54, 1.807) is 30.6 Å². The van der Waals surface area contributed by atoms with Gasteiger partial charge in [-0.2, -0.15) is 0 Å². The summed E-state index contributed by atoms with van der Waals surface area (Å²) in [6.07, 6.45) is 4.32. The molecule has 32 heavy (non-hydrogen) atoms. The van der Waals surface area contributed by atoms with Crippen LogP contribution in [0.1, 0.15) is 37.8 Å². The quantitative estimate of drug-likeness (QED) is 0.641. The number of aryl methyl sites for hydroxylation is 2. The number of rotatable bonds is 5. The van der Waals surface area contributed by atoms with Crippen molar-refractivity contribution in [1.29, 1.82) is 0 Å². The molecule has 2 amide bonds. The Bertz CT molecular complexity index is 1210. The molecule has 164 valence electrons. The normalized spacial score (nSPS) is 21.3. The second kappa shape index (κ2) is 8.09. The lowest BCUT2D eigenvalue weighted by atomic mass is 10.1. The van der Waals surface area contributed by atoms with Crippen LogP contribution in [0.2, 0.25) is 0 Å². The largest absolute Gasteiger partial charge is 0.350 e. The maximum absolute atomic E-state index is 13.8. The topological polar surface area (TPSA) is 75.2 Å². The average Bonchev–Trinajstić information content (AvgIpc) is 3.28. The predicted molar refractivity (Wildman–Crippen MR) is 120 cm³/mol. The number of hydrogen-bond donors (Lipinski definition) is 1. The van der Waals surface area contributed by atoms with E-state index in [2.05, 4.69) is 15.3 Å². The summed E-state index contributed by atoms with van der Waals surface area (Å²) in [5.74, 6) is 0.173. The van der Waals surface area contributed by atoms with E-state index in [9.17, 15) is 14.0 Å². The van der Waals surface area contributed by atoms with E-state index in [1.165, 1.54) is 23.5 Å². The number of halogens is 1. The molecule has 6 nitrogen and oxygen atoms in total. The summed E-state index contributed by atoms with van der Waals surface area (Å²) in [5, 5.41) is 3.74. The summed E-state index contributed by atoms with van der Waals surface area (Å²) in [4.78, 5) is 37.2. The number of nitrogens with zero attached hydrogens (tertiary/aromatic N) is 3. The lowest BCUT2D eigenvalue weighted by Crippen LogP contribution is -2.45. The van der Waals surface area contributed by atoms with Crippen LogP contribution in [0.25, 0.3) is 10.4 Å². The zero-order valence-electron chi connectivity index (χ0n) is 17.8. The van der Waals surface area contributed by atoms with Crippen molar-refractivity contribution in [1.82, 2.24) is 20.2 Å². The maximum atomic E-state index is 13.8. The van der Waals surface area contributed by atoms with Gasteiger partial charge in [-0.15, -0.1) is 11.3 Å². The van der Waals surface area contributed by atoms with Gasteiger partial charge in [-0.1, -0.05) is 12.1 Å². The number of fused-ring (bicyclic) bond motifs is 1. The molecular weight excluding hydrogens is 427 g/mol. The van der Waals surface area contributed by atoms with Gasteiger partial charge in [-0.25, -0.2) is 9.37 Å². The Morgan fingerprint density at radius 2 is 2.09 bits per heavy atom. The number of thiazole rings is 1. The highest BCUT2D eigenvalue weighted by molar-refractivity contribution is 7.15. The third-order valence-corrected chi connectivity index (χ3v) is 7.22. The number of likely N-dealkylation sites (tertiary alicyclic amines) is 1. The van der Waals surface area contributed by atoms with Gasteiger partial charge in [0.05, 0.1) is 21.5 Å². The molecule has 1 aliphatic carbocycles. The number of carbonyl (C=O) groups is 2. The molecule has 0 bridgehead atoms. The van der Waals surface area contributed by atoms with E-state index in [0.717, 1.165) is 17.0 Å². The SMILES string of the molecule is Cc1cncc(C(=O)NC[C@@H]2[C@@H]3C[C@@H]3CN2C(=O)c2nc(C)sc2-c2cccc(F)c2)c1. The van der Waals surface area contributed by atoms with Gasteiger partial charge >= 0.3 is 0 Å². The smallest absolute Gasteiger partial charge is 0.274 e. The minimum Gasteiger partial charge on any atom is -0.350 e. The van der Waals surface area contributed by atoms with Crippen LogP contribution >= 0.6 is 11.3 Å². The standard InChI is InChI=1S/C24H23FN4O2S/c1-13-6-16(10-26-9-13)23(30)27-11-20-19-8-17(19)12-29(20)24(31)21-22(32-14(2)28-21)15-4-3-5-18(25)7-15/h3-7,9-10,17,19-20H,8,11-12H2,1-2H3,(H,27,30)/t17-,19-,20-/m1/s1. The van der Waals surface area contributed by atoms with Crippen LogP contribution in [0.4, 0.5) is 4.39 Å². The van der Waals surface area contributed by atoms with E-state index in [0.29, 0.717) is 46.6 Å². The van der Waals surface area contributed by atoms with E-state index in [4.69, 9.17) is 0 Å². The lowest BCUT2D eigenvalue weighted by Gasteiger charge is -2.27. The molecule has 0 unspecified atom stereocenters. The first-order valence-electron chi connectivity index (χ1n) is 10.6. The second-order valence-electron chi connectivity index (χ2n) is 8.57. The van der Waals surface area contributed by atoms with Crippen molar-refractivity contribution in [2.24, 2.45) is 11.8 Å². The molecule has 8 heteroatoms. The lowest BCUT2D eigenvalue weighted by molar-refractivity contribution is 0.0690. The molecule has 1 aromatic carbocycles. The van der Waals surface area contributed by atoms with Gasteiger partial charge in [0.1, 0.15) is 11.5 Å². The number of amides is 2. The molecule has 2 fully saturated rings. The van der Waals surface area contributed by atoms with Crippen molar-refractivity contribution in [2.75, 3.05) is 13.1 Å². The molecule has 1 aliphatic heterocycles.